The Morgan fingerprint density at radius 1 is 1.14 bits per heavy atom. The first-order valence-corrected chi connectivity index (χ1v) is 4.20. The van der Waals surface area contributed by atoms with Crippen LogP contribution in [0.5, 0.6) is 0 Å². The van der Waals surface area contributed by atoms with E-state index in [4.69, 9.17) is 9.90 Å². The standard InChI is InChI=1S/C6H15N.C2HF3O2/c1-5(2)7-6(3)4;3-2(4,5)1(6)7/h5-7H,1-4H3;(H,6,7). The van der Waals surface area contributed by atoms with Gasteiger partial charge >= 0.3 is 6.18 Å². The van der Waals surface area contributed by atoms with E-state index in [0.29, 0.717) is 0 Å². The fraction of sp³-hybridized carbons (Fsp3) is 0.875. The van der Waals surface area contributed by atoms with E-state index in [1.54, 1.807) is 0 Å². The predicted octanol–water partition coefficient (Wildman–Crippen LogP) is -0.335. The van der Waals surface area contributed by atoms with Crippen molar-refractivity contribution in [2.75, 3.05) is 0 Å². The van der Waals surface area contributed by atoms with Gasteiger partial charge in [0.25, 0.3) is 0 Å². The monoisotopic (exact) mass is 215 g/mol. The van der Waals surface area contributed by atoms with Crippen LogP contribution < -0.4 is 10.4 Å². The first-order valence-electron chi connectivity index (χ1n) is 4.20. The summed E-state index contributed by atoms with van der Waals surface area (Å²) >= 11 is 0. The fourth-order valence-corrected chi connectivity index (χ4v) is 0.770. The van der Waals surface area contributed by atoms with Crippen molar-refractivity contribution in [2.45, 2.75) is 46.0 Å². The molecule has 0 aliphatic rings. The molecule has 14 heavy (non-hydrogen) atoms. The van der Waals surface area contributed by atoms with Crippen molar-refractivity contribution >= 4 is 5.97 Å². The summed E-state index contributed by atoms with van der Waals surface area (Å²) in [5.74, 6) is -3.01. The smallest absolute Gasteiger partial charge is 0.430 e. The molecule has 0 aromatic rings. The summed E-state index contributed by atoms with van der Waals surface area (Å²) in [4.78, 5) is 8.78. The molecule has 0 saturated carbocycles. The molecule has 0 saturated heterocycles. The lowest BCUT2D eigenvalue weighted by Gasteiger charge is -2.06. The lowest BCUT2D eigenvalue weighted by atomic mass is 10.3. The fourth-order valence-electron chi connectivity index (χ4n) is 0.770. The minimum Gasteiger partial charge on any atom is -0.542 e. The number of halogens is 3. The number of carbonyl (C=O) groups is 1. The third-order valence-corrected chi connectivity index (χ3v) is 1.00. The zero-order chi connectivity index (χ0) is 11.9. The van der Waals surface area contributed by atoms with Crippen molar-refractivity contribution < 1.29 is 28.4 Å². The number of nitrogens with two attached hydrogens (primary N) is 1. The number of carboxylic acid groups (broad SMARTS) is 1. The SMILES string of the molecule is CC(C)[NH2+]C(C)C.O=C([O-])C(F)(F)F. The highest BCUT2D eigenvalue weighted by Crippen LogP contribution is 2.11. The molecule has 0 unspecified atom stereocenters. The number of hydrogen-bond donors (Lipinski definition) is 1. The Balaban J connectivity index is 0. The number of rotatable bonds is 2. The Hall–Kier alpha value is -0.780. The second kappa shape index (κ2) is 6.64. The summed E-state index contributed by atoms with van der Waals surface area (Å²) in [6.45, 7) is 8.83. The Morgan fingerprint density at radius 2 is 1.36 bits per heavy atom. The maximum atomic E-state index is 10.5. The van der Waals surface area contributed by atoms with Crippen LogP contribution >= 0.6 is 0 Å². The van der Waals surface area contributed by atoms with E-state index < -0.39 is 12.1 Å². The molecule has 3 nitrogen and oxygen atoms in total. The van der Waals surface area contributed by atoms with Gasteiger partial charge in [0.1, 0.15) is 5.97 Å². The van der Waals surface area contributed by atoms with Crippen LogP contribution in [0.25, 0.3) is 0 Å². The number of aliphatic carboxylic acids is 1. The van der Waals surface area contributed by atoms with Crippen molar-refractivity contribution in [3.63, 3.8) is 0 Å². The second-order valence-electron chi connectivity index (χ2n) is 3.47. The van der Waals surface area contributed by atoms with Crippen LogP contribution in [-0.4, -0.2) is 24.2 Å². The van der Waals surface area contributed by atoms with E-state index in [1.807, 2.05) is 0 Å². The summed E-state index contributed by atoms with van der Waals surface area (Å²) in [7, 11) is 0. The summed E-state index contributed by atoms with van der Waals surface area (Å²) in [6.07, 6.45) is -5.19. The molecule has 0 amide bonds. The molecule has 2 N–H and O–H groups in total. The Labute approximate surface area is 81.3 Å². The molecular weight excluding hydrogens is 199 g/mol. The predicted molar refractivity (Wildman–Crippen MR) is 43.3 cm³/mol. The molecule has 0 aromatic heterocycles. The van der Waals surface area contributed by atoms with Crippen molar-refractivity contribution in [1.82, 2.24) is 0 Å². The molecule has 0 fully saturated rings. The van der Waals surface area contributed by atoms with Gasteiger partial charge in [0.2, 0.25) is 0 Å². The quantitative estimate of drug-likeness (QED) is 0.685. The maximum Gasteiger partial charge on any atom is 0.430 e. The topological polar surface area (TPSA) is 56.7 Å². The van der Waals surface area contributed by atoms with Crippen molar-refractivity contribution in [3.05, 3.63) is 0 Å². The second-order valence-corrected chi connectivity index (χ2v) is 3.47. The van der Waals surface area contributed by atoms with Gasteiger partial charge in [-0.2, -0.15) is 13.2 Å². The lowest BCUT2D eigenvalue weighted by Crippen LogP contribution is -2.92. The molecule has 0 spiro atoms. The molecule has 86 valence electrons. The van der Waals surface area contributed by atoms with Crippen LogP contribution in [0.4, 0.5) is 13.2 Å². The molecule has 0 heterocycles. The highest BCUT2D eigenvalue weighted by molar-refractivity contribution is 5.70. The van der Waals surface area contributed by atoms with Gasteiger partial charge in [0.15, 0.2) is 0 Å². The zero-order valence-electron chi connectivity index (χ0n) is 8.68. The molecule has 0 aliphatic carbocycles. The van der Waals surface area contributed by atoms with Crippen LogP contribution in [0.2, 0.25) is 0 Å². The number of carboxylic acids is 1. The summed E-state index contributed by atoms with van der Waals surface area (Å²) < 4.78 is 31.5. The molecule has 6 heteroatoms. The average Bonchev–Trinajstić information content (AvgIpc) is 1.81. The third kappa shape index (κ3) is 13.8. The van der Waals surface area contributed by atoms with Gasteiger partial charge in [-0.25, -0.2) is 0 Å². The van der Waals surface area contributed by atoms with E-state index in [1.165, 1.54) is 0 Å². The van der Waals surface area contributed by atoms with E-state index >= 15 is 0 Å². The van der Waals surface area contributed by atoms with Crippen molar-refractivity contribution in [3.8, 4) is 0 Å². The summed E-state index contributed by atoms with van der Waals surface area (Å²) in [5.41, 5.74) is 0. The van der Waals surface area contributed by atoms with Gasteiger partial charge < -0.3 is 15.2 Å². The number of alkyl halides is 3. The van der Waals surface area contributed by atoms with E-state index in [0.717, 1.165) is 12.1 Å². The first kappa shape index (κ1) is 15.7. The van der Waals surface area contributed by atoms with Gasteiger partial charge in [-0.05, 0) is 27.7 Å². The Kier molecular flexibility index (Phi) is 7.44. The van der Waals surface area contributed by atoms with E-state index in [9.17, 15) is 13.2 Å². The number of hydrogen-bond acceptors (Lipinski definition) is 2. The largest absolute Gasteiger partial charge is 0.542 e. The number of quaternary nitrogens is 1. The molecule has 0 aromatic carbocycles. The minimum absolute atomic E-state index is 0.750. The van der Waals surface area contributed by atoms with Gasteiger partial charge in [0, 0.05) is 0 Å². The molecule has 0 atom stereocenters. The number of carbonyl (C=O) groups excluding carboxylic acids is 1. The molecule has 0 radical (unpaired) electrons. The average molecular weight is 215 g/mol. The highest BCUT2D eigenvalue weighted by Gasteiger charge is 2.28. The van der Waals surface area contributed by atoms with Crippen LogP contribution in [0.3, 0.4) is 0 Å². The normalized spacial score (nSPS) is 11.2. The van der Waals surface area contributed by atoms with Gasteiger partial charge in [-0.15, -0.1) is 0 Å². The Morgan fingerprint density at radius 3 is 1.36 bits per heavy atom. The van der Waals surface area contributed by atoms with Crippen LogP contribution in [0, 0.1) is 0 Å². The van der Waals surface area contributed by atoms with E-state index in [-0.39, 0.29) is 0 Å². The van der Waals surface area contributed by atoms with Gasteiger partial charge in [0.05, 0.1) is 12.1 Å². The van der Waals surface area contributed by atoms with Gasteiger partial charge in [-0.3, -0.25) is 0 Å². The third-order valence-electron chi connectivity index (χ3n) is 1.00. The molecular formula is C8H16F3NO2. The van der Waals surface area contributed by atoms with Crippen molar-refractivity contribution in [2.24, 2.45) is 0 Å². The zero-order valence-corrected chi connectivity index (χ0v) is 8.68. The molecule has 0 rings (SSSR count). The van der Waals surface area contributed by atoms with Crippen LogP contribution in [0.1, 0.15) is 27.7 Å². The first-order chi connectivity index (χ1) is 6.07. The highest BCUT2D eigenvalue weighted by atomic mass is 19.4. The molecule has 0 aliphatic heterocycles. The van der Waals surface area contributed by atoms with Crippen LogP contribution in [0.15, 0.2) is 0 Å². The lowest BCUT2D eigenvalue weighted by molar-refractivity contribution is -0.709. The van der Waals surface area contributed by atoms with Crippen LogP contribution in [-0.2, 0) is 4.79 Å². The Bertz CT molecular complexity index is 160. The summed E-state index contributed by atoms with van der Waals surface area (Å²) in [5, 5.41) is 11.1. The molecule has 0 bridgehead atoms. The van der Waals surface area contributed by atoms with Crippen molar-refractivity contribution in [1.29, 1.82) is 0 Å². The van der Waals surface area contributed by atoms with Gasteiger partial charge in [-0.1, -0.05) is 0 Å². The summed E-state index contributed by atoms with van der Waals surface area (Å²) in [6, 6.07) is 1.50. The maximum absolute atomic E-state index is 10.5. The van der Waals surface area contributed by atoms with E-state index in [2.05, 4.69) is 33.0 Å². The minimum atomic E-state index is -5.19.